The maximum absolute atomic E-state index is 13.0. The standard InChI is InChI=1S/C14H16N4O4S/c1-10-9-15-7-8-17(10)23(21,22)13-5-4-12(18(19)20)11-3-2-6-16-14(11)13/h2-6,10,15H,7-9H2,1H3/t10-/m0/s1. The van der Waals surface area contributed by atoms with Crippen molar-refractivity contribution in [1.29, 1.82) is 0 Å². The summed E-state index contributed by atoms with van der Waals surface area (Å²) in [7, 11) is -3.77. The fourth-order valence-electron chi connectivity index (χ4n) is 2.80. The van der Waals surface area contributed by atoms with Crippen LogP contribution in [-0.4, -0.2) is 48.3 Å². The van der Waals surface area contributed by atoms with E-state index in [0.29, 0.717) is 19.6 Å². The highest BCUT2D eigenvalue weighted by molar-refractivity contribution is 7.89. The summed E-state index contributed by atoms with van der Waals surface area (Å²) in [5.74, 6) is 0. The summed E-state index contributed by atoms with van der Waals surface area (Å²) in [6.45, 7) is 3.32. The Morgan fingerprint density at radius 3 is 2.87 bits per heavy atom. The predicted molar refractivity (Wildman–Crippen MR) is 84.6 cm³/mol. The first-order valence-corrected chi connectivity index (χ1v) is 8.61. The molecule has 1 fully saturated rings. The van der Waals surface area contributed by atoms with Crippen LogP contribution in [0.2, 0.25) is 0 Å². The average molecular weight is 336 g/mol. The van der Waals surface area contributed by atoms with Gasteiger partial charge in [-0.3, -0.25) is 15.1 Å². The molecule has 0 unspecified atom stereocenters. The number of rotatable bonds is 3. The van der Waals surface area contributed by atoms with E-state index < -0.39 is 14.9 Å². The molecular formula is C14H16N4O4S. The summed E-state index contributed by atoms with van der Waals surface area (Å²) in [6, 6.07) is 5.38. The summed E-state index contributed by atoms with van der Waals surface area (Å²) in [5, 5.41) is 14.5. The van der Waals surface area contributed by atoms with E-state index in [2.05, 4.69) is 10.3 Å². The molecule has 1 aromatic heterocycles. The molecule has 0 aliphatic carbocycles. The summed E-state index contributed by atoms with van der Waals surface area (Å²) in [4.78, 5) is 14.7. The van der Waals surface area contributed by atoms with Gasteiger partial charge in [0.1, 0.15) is 4.90 Å². The van der Waals surface area contributed by atoms with Gasteiger partial charge >= 0.3 is 0 Å². The number of nitro groups is 1. The number of nitro benzene ring substituents is 1. The molecular weight excluding hydrogens is 320 g/mol. The molecule has 3 rings (SSSR count). The van der Waals surface area contributed by atoms with Gasteiger partial charge in [0.25, 0.3) is 5.69 Å². The number of piperazine rings is 1. The molecule has 1 saturated heterocycles. The lowest BCUT2D eigenvalue weighted by Crippen LogP contribution is -2.52. The van der Waals surface area contributed by atoms with Crippen molar-refractivity contribution in [3.8, 4) is 0 Å². The van der Waals surface area contributed by atoms with Crippen LogP contribution in [0.3, 0.4) is 0 Å². The summed E-state index contributed by atoms with van der Waals surface area (Å²) < 4.78 is 27.4. The van der Waals surface area contributed by atoms with Gasteiger partial charge in [0.2, 0.25) is 10.0 Å². The molecule has 1 aromatic carbocycles. The molecule has 0 spiro atoms. The Hall–Kier alpha value is -2.10. The lowest BCUT2D eigenvalue weighted by molar-refractivity contribution is -0.383. The zero-order valence-electron chi connectivity index (χ0n) is 12.5. The third-order valence-electron chi connectivity index (χ3n) is 3.93. The number of nitrogens with zero attached hydrogens (tertiary/aromatic N) is 3. The normalized spacial score (nSPS) is 19.8. The third kappa shape index (κ3) is 2.67. The SMILES string of the molecule is C[C@H]1CNCCN1S(=O)(=O)c1ccc([N+](=O)[O-])c2cccnc12. The molecule has 0 amide bonds. The molecule has 1 N–H and O–H groups in total. The topological polar surface area (TPSA) is 105 Å². The molecule has 1 aliphatic rings. The Kier molecular flexibility index (Phi) is 4.00. The maximum atomic E-state index is 13.0. The Morgan fingerprint density at radius 1 is 1.39 bits per heavy atom. The number of nitrogens with one attached hydrogen (secondary N) is 1. The number of fused-ring (bicyclic) bond motifs is 1. The highest BCUT2D eigenvalue weighted by Gasteiger charge is 2.33. The molecule has 0 bridgehead atoms. The maximum Gasteiger partial charge on any atom is 0.278 e. The van der Waals surface area contributed by atoms with Crippen molar-refractivity contribution in [3.63, 3.8) is 0 Å². The van der Waals surface area contributed by atoms with E-state index in [0.717, 1.165) is 0 Å². The van der Waals surface area contributed by atoms with Gasteiger partial charge in [-0.2, -0.15) is 4.31 Å². The average Bonchev–Trinajstić information content (AvgIpc) is 2.53. The molecule has 1 aliphatic heterocycles. The van der Waals surface area contributed by atoms with Crippen LogP contribution in [-0.2, 0) is 10.0 Å². The molecule has 9 heteroatoms. The Bertz CT molecular complexity index is 868. The van der Waals surface area contributed by atoms with Gasteiger partial charge < -0.3 is 5.32 Å². The number of non-ortho nitro benzene ring substituents is 1. The fraction of sp³-hybridized carbons (Fsp3) is 0.357. The number of benzene rings is 1. The highest BCUT2D eigenvalue weighted by Crippen LogP contribution is 2.31. The second-order valence-corrected chi connectivity index (χ2v) is 7.27. The molecule has 2 heterocycles. The number of hydrogen-bond donors (Lipinski definition) is 1. The molecule has 23 heavy (non-hydrogen) atoms. The molecule has 1 atom stereocenters. The summed E-state index contributed by atoms with van der Waals surface area (Å²) in [6.07, 6.45) is 1.44. The van der Waals surface area contributed by atoms with E-state index in [4.69, 9.17) is 0 Å². The van der Waals surface area contributed by atoms with Crippen LogP contribution in [0.4, 0.5) is 5.69 Å². The highest BCUT2D eigenvalue weighted by atomic mass is 32.2. The lowest BCUT2D eigenvalue weighted by Gasteiger charge is -2.32. The monoisotopic (exact) mass is 336 g/mol. The lowest BCUT2D eigenvalue weighted by atomic mass is 10.2. The van der Waals surface area contributed by atoms with E-state index in [9.17, 15) is 18.5 Å². The fourth-order valence-corrected chi connectivity index (χ4v) is 4.58. The van der Waals surface area contributed by atoms with Crippen molar-refractivity contribution in [3.05, 3.63) is 40.6 Å². The largest absolute Gasteiger partial charge is 0.314 e. The van der Waals surface area contributed by atoms with Crippen molar-refractivity contribution in [2.75, 3.05) is 19.6 Å². The van der Waals surface area contributed by atoms with Crippen LogP contribution in [0.5, 0.6) is 0 Å². The van der Waals surface area contributed by atoms with E-state index in [1.807, 2.05) is 6.92 Å². The van der Waals surface area contributed by atoms with Gasteiger partial charge in [0.15, 0.2) is 0 Å². The molecule has 8 nitrogen and oxygen atoms in total. The van der Waals surface area contributed by atoms with Crippen LogP contribution in [0.25, 0.3) is 10.9 Å². The van der Waals surface area contributed by atoms with Gasteiger partial charge in [-0.15, -0.1) is 0 Å². The van der Waals surface area contributed by atoms with Crippen LogP contribution in [0.1, 0.15) is 6.92 Å². The van der Waals surface area contributed by atoms with E-state index >= 15 is 0 Å². The van der Waals surface area contributed by atoms with E-state index in [-0.39, 0.29) is 27.5 Å². The molecule has 0 saturated carbocycles. The smallest absolute Gasteiger partial charge is 0.278 e. The second-order valence-electron chi connectivity index (χ2n) is 5.41. The molecule has 122 valence electrons. The van der Waals surface area contributed by atoms with Crippen molar-refractivity contribution < 1.29 is 13.3 Å². The predicted octanol–water partition coefficient (Wildman–Crippen LogP) is 1.13. The van der Waals surface area contributed by atoms with Crippen molar-refractivity contribution in [2.24, 2.45) is 0 Å². The summed E-state index contributed by atoms with van der Waals surface area (Å²) in [5.41, 5.74) is -0.0205. The Labute approximate surface area is 133 Å². The number of hydrogen-bond acceptors (Lipinski definition) is 6. The van der Waals surface area contributed by atoms with Crippen molar-refractivity contribution in [1.82, 2.24) is 14.6 Å². The van der Waals surface area contributed by atoms with Crippen molar-refractivity contribution >= 4 is 26.6 Å². The molecule has 2 aromatic rings. The van der Waals surface area contributed by atoms with E-state index in [1.54, 1.807) is 6.07 Å². The minimum atomic E-state index is -3.77. The minimum absolute atomic E-state index is 0.00690. The number of aromatic nitrogens is 1. The van der Waals surface area contributed by atoms with E-state index in [1.165, 1.54) is 28.7 Å². The zero-order valence-corrected chi connectivity index (χ0v) is 13.3. The van der Waals surface area contributed by atoms with Crippen molar-refractivity contribution in [2.45, 2.75) is 17.9 Å². The summed E-state index contributed by atoms with van der Waals surface area (Å²) >= 11 is 0. The number of sulfonamides is 1. The first kappa shape index (κ1) is 15.8. The van der Waals surface area contributed by atoms with Crippen LogP contribution in [0, 0.1) is 10.1 Å². The third-order valence-corrected chi connectivity index (χ3v) is 5.98. The molecule has 0 radical (unpaired) electrons. The van der Waals surface area contributed by atoms with Gasteiger partial charge in [0, 0.05) is 37.9 Å². The van der Waals surface area contributed by atoms with Gasteiger partial charge in [-0.25, -0.2) is 8.42 Å². The van der Waals surface area contributed by atoms with Gasteiger partial charge in [-0.1, -0.05) is 0 Å². The number of pyridine rings is 1. The van der Waals surface area contributed by atoms with Crippen LogP contribution in [0.15, 0.2) is 35.4 Å². The first-order valence-electron chi connectivity index (χ1n) is 7.17. The first-order chi connectivity index (χ1) is 10.9. The quantitative estimate of drug-likeness (QED) is 0.665. The Balaban J connectivity index is 2.20. The minimum Gasteiger partial charge on any atom is -0.314 e. The Morgan fingerprint density at radius 2 is 2.17 bits per heavy atom. The second kappa shape index (κ2) is 5.84. The zero-order chi connectivity index (χ0) is 16.6. The van der Waals surface area contributed by atoms with Gasteiger partial charge in [0.05, 0.1) is 15.8 Å². The van der Waals surface area contributed by atoms with Crippen LogP contribution >= 0.6 is 0 Å². The van der Waals surface area contributed by atoms with Gasteiger partial charge in [-0.05, 0) is 25.1 Å². The van der Waals surface area contributed by atoms with Crippen LogP contribution < -0.4 is 5.32 Å².